The highest BCUT2D eigenvalue weighted by Gasteiger charge is 2.13. The van der Waals surface area contributed by atoms with E-state index in [2.05, 4.69) is 26.0 Å². The summed E-state index contributed by atoms with van der Waals surface area (Å²) in [4.78, 5) is 19.5. The Hall–Kier alpha value is -3.27. The zero-order valence-electron chi connectivity index (χ0n) is 14.4. The van der Waals surface area contributed by atoms with Crippen LogP contribution in [0.15, 0.2) is 35.1 Å². The van der Waals surface area contributed by atoms with Crippen LogP contribution in [-0.4, -0.2) is 27.0 Å². The van der Waals surface area contributed by atoms with Crippen LogP contribution in [0, 0.1) is 25.2 Å². The van der Waals surface area contributed by atoms with Crippen molar-refractivity contribution in [3.05, 3.63) is 59.3 Å². The molecule has 0 atom stereocenters. The number of hydrogen-bond acceptors (Lipinski definition) is 7. The summed E-state index contributed by atoms with van der Waals surface area (Å²) in [5.74, 6) is 2.62. The average molecular weight is 334 g/mol. The van der Waals surface area contributed by atoms with Crippen molar-refractivity contribution in [1.29, 1.82) is 5.26 Å². The molecule has 25 heavy (non-hydrogen) atoms. The number of anilines is 2. The summed E-state index contributed by atoms with van der Waals surface area (Å²) in [5.41, 5.74) is 2.74. The Morgan fingerprint density at radius 2 is 1.88 bits per heavy atom. The summed E-state index contributed by atoms with van der Waals surface area (Å²) in [6.07, 6.45) is 2.32. The highest BCUT2D eigenvalue weighted by Crippen LogP contribution is 2.21. The standard InChI is InChI=1S/C18H18N6O/c1-12-16(20-11-25-12)10-17-21-13(2)22-18(23-17)24(3)15-6-4-14(5-7-15)8-9-19/h4-7,11H,8,10H2,1-3H3. The number of nitrogens with zero attached hydrogens (tertiary/aromatic N) is 6. The second kappa shape index (κ2) is 7.09. The van der Waals surface area contributed by atoms with Crippen molar-refractivity contribution in [1.82, 2.24) is 19.9 Å². The van der Waals surface area contributed by atoms with E-state index in [4.69, 9.17) is 9.68 Å². The van der Waals surface area contributed by atoms with Gasteiger partial charge in [0.1, 0.15) is 17.4 Å². The largest absolute Gasteiger partial charge is 0.449 e. The summed E-state index contributed by atoms with van der Waals surface area (Å²) in [6, 6.07) is 9.91. The van der Waals surface area contributed by atoms with E-state index in [-0.39, 0.29) is 0 Å². The molecule has 0 N–H and O–H groups in total. The number of oxazole rings is 1. The van der Waals surface area contributed by atoms with Crippen LogP contribution >= 0.6 is 0 Å². The zero-order chi connectivity index (χ0) is 17.8. The predicted molar refractivity (Wildman–Crippen MR) is 92.4 cm³/mol. The van der Waals surface area contributed by atoms with Gasteiger partial charge in [-0.1, -0.05) is 12.1 Å². The molecule has 3 rings (SSSR count). The van der Waals surface area contributed by atoms with E-state index >= 15 is 0 Å². The second-order valence-electron chi connectivity index (χ2n) is 5.69. The van der Waals surface area contributed by atoms with Crippen molar-refractivity contribution >= 4 is 11.6 Å². The molecule has 0 fully saturated rings. The molecule has 7 nitrogen and oxygen atoms in total. The number of aromatic nitrogens is 4. The fourth-order valence-corrected chi connectivity index (χ4v) is 2.44. The molecule has 0 bridgehead atoms. The summed E-state index contributed by atoms with van der Waals surface area (Å²) in [5, 5.41) is 8.76. The summed E-state index contributed by atoms with van der Waals surface area (Å²) >= 11 is 0. The molecular weight excluding hydrogens is 316 g/mol. The number of aryl methyl sites for hydroxylation is 2. The number of nitriles is 1. The maximum absolute atomic E-state index is 8.76. The van der Waals surface area contributed by atoms with Gasteiger partial charge in [0.15, 0.2) is 6.39 Å². The van der Waals surface area contributed by atoms with E-state index in [1.165, 1.54) is 6.39 Å². The lowest BCUT2D eigenvalue weighted by atomic mass is 10.1. The van der Waals surface area contributed by atoms with Gasteiger partial charge in [-0.3, -0.25) is 0 Å². The molecule has 2 aromatic heterocycles. The Morgan fingerprint density at radius 1 is 1.12 bits per heavy atom. The van der Waals surface area contributed by atoms with Crippen molar-refractivity contribution in [2.24, 2.45) is 0 Å². The van der Waals surface area contributed by atoms with E-state index in [1.807, 2.05) is 50.1 Å². The van der Waals surface area contributed by atoms with Gasteiger partial charge in [-0.25, -0.2) is 9.97 Å². The molecule has 1 aromatic carbocycles. The second-order valence-corrected chi connectivity index (χ2v) is 5.69. The molecular formula is C18H18N6O. The first-order valence-corrected chi connectivity index (χ1v) is 7.87. The van der Waals surface area contributed by atoms with E-state index in [9.17, 15) is 0 Å². The number of benzene rings is 1. The van der Waals surface area contributed by atoms with E-state index < -0.39 is 0 Å². The molecule has 7 heteroatoms. The van der Waals surface area contributed by atoms with Crippen LogP contribution in [0.1, 0.15) is 28.7 Å². The molecule has 0 aliphatic carbocycles. The van der Waals surface area contributed by atoms with Crippen molar-refractivity contribution in [2.75, 3.05) is 11.9 Å². The normalized spacial score (nSPS) is 10.5. The van der Waals surface area contributed by atoms with Gasteiger partial charge in [-0.2, -0.15) is 15.2 Å². The van der Waals surface area contributed by atoms with Gasteiger partial charge < -0.3 is 9.32 Å². The summed E-state index contributed by atoms with van der Waals surface area (Å²) in [7, 11) is 1.90. The van der Waals surface area contributed by atoms with Gasteiger partial charge in [0.05, 0.1) is 24.6 Å². The molecule has 0 unspecified atom stereocenters. The van der Waals surface area contributed by atoms with E-state index in [1.54, 1.807) is 0 Å². The van der Waals surface area contributed by atoms with Gasteiger partial charge in [0.2, 0.25) is 5.95 Å². The quantitative estimate of drug-likeness (QED) is 0.708. The van der Waals surface area contributed by atoms with Crippen LogP contribution < -0.4 is 4.90 Å². The predicted octanol–water partition coefficient (Wildman–Crippen LogP) is 2.90. The summed E-state index contributed by atoms with van der Waals surface area (Å²) < 4.78 is 5.23. The molecule has 0 amide bonds. The molecule has 0 saturated carbocycles. The zero-order valence-corrected chi connectivity index (χ0v) is 14.4. The monoisotopic (exact) mass is 334 g/mol. The molecule has 0 aliphatic heterocycles. The van der Waals surface area contributed by atoms with Crippen molar-refractivity contribution in [3.8, 4) is 6.07 Å². The van der Waals surface area contributed by atoms with Crippen LogP contribution in [0.3, 0.4) is 0 Å². The van der Waals surface area contributed by atoms with Crippen LogP contribution in [0.2, 0.25) is 0 Å². The number of hydrogen-bond donors (Lipinski definition) is 0. The summed E-state index contributed by atoms with van der Waals surface area (Å²) in [6.45, 7) is 3.71. The first-order valence-electron chi connectivity index (χ1n) is 7.87. The molecule has 0 saturated heterocycles. The molecule has 0 aliphatic rings. The first kappa shape index (κ1) is 16.6. The van der Waals surface area contributed by atoms with E-state index in [0.29, 0.717) is 30.4 Å². The molecule has 0 spiro atoms. The lowest BCUT2D eigenvalue weighted by molar-refractivity contribution is 0.524. The maximum Gasteiger partial charge on any atom is 0.233 e. The Bertz CT molecular complexity index is 910. The molecule has 0 radical (unpaired) electrons. The van der Waals surface area contributed by atoms with Crippen LogP contribution in [0.5, 0.6) is 0 Å². The Morgan fingerprint density at radius 3 is 2.52 bits per heavy atom. The Balaban J connectivity index is 1.86. The molecule has 126 valence electrons. The SMILES string of the molecule is Cc1nc(Cc2ncoc2C)nc(N(C)c2ccc(CC#N)cc2)n1. The van der Waals surface area contributed by atoms with Crippen molar-refractivity contribution < 1.29 is 4.42 Å². The van der Waals surface area contributed by atoms with Crippen molar-refractivity contribution in [3.63, 3.8) is 0 Å². The maximum atomic E-state index is 8.76. The van der Waals surface area contributed by atoms with E-state index in [0.717, 1.165) is 22.7 Å². The van der Waals surface area contributed by atoms with Crippen LogP contribution in [0.25, 0.3) is 0 Å². The van der Waals surface area contributed by atoms with Gasteiger partial charge in [0.25, 0.3) is 0 Å². The molecule has 3 aromatic rings. The Labute approximate surface area is 146 Å². The highest BCUT2D eigenvalue weighted by molar-refractivity contribution is 5.56. The third-order valence-electron chi connectivity index (χ3n) is 3.86. The Kier molecular flexibility index (Phi) is 4.70. The third-order valence-corrected chi connectivity index (χ3v) is 3.86. The minimum atomic E-state index is 0.399. The fraction of sp³-hybridized carbons (Fsp3) is 0.278. The average Bonchev–Trinajstić information content (AvgIpc) is 2.99. The smallest absolute Gasteiger partial charge is 0.233 e. The van der Waals surface area contributed by atoms with Crippen LogP contribution in [0.4, 0.5) is 11.6 Å². The van der Waals surface area contributed by atoms with Gasteiger partial charge in [-0.15, -0.1) is 0 Å². The van der Waals surface area contributed by atoms with Gasteiger partial charge >= 0.3 is 0 Å². The van der Waals surface area contributed by atoms with Gasteiger partial charge in [0, 0.05) is 12.7 Å². The fourth-order valence-electron chi connectivity index (χ4n) is 2.44. The molecule has 2 heterocycles. The van der Waals surface area contributed by atoms with Crippen molar-refractivity contribution in [2.45, 2.75) is 26.7 Å². The minimum absolute atomic E-state index is 0.399. The number of rotatable bonds is 5. The first-order chi connectivity index (χ1) is 12.1. The van der Waals surface area contributed by atoms with Gasteiger partial charge in [-0.05, 0) is 31.5 Å². The topological polar surface area (TPSA) is 91.7 Å². The lowest BCUT2D eigenvalue weighted by Crippen LogP contribution is -2.16. The van der Waals surface area contributed by atoms with Crippen LogP contribution in [-0.2, 0) is 12.8 Å². The highest BCUT2D eigenvalue weighted by atomic mass is 16.3. The minimum Gasteiger partial charge on any atom is -0.449 e. The third kappa shape index (κ3) is 3.80. The lowest BCUT2D eigenvalue weighted by Gasteiger charge is -2.18.